The van der Waals surface area contributed by atoms with Crippen LogP contribution < -0.4 is 11.1 Å². The summed E-state index contributed by atoms with van der Waals surface area (Å²) in [5.41, 5.74) is 5.81. The van der Waals surface area contributed by atoms with Gasteiger partial charge in [0.25, 0.3) is 5.91 Å². The van der Waals surface area contributed by atoms with Crippen LogP contribution in [0.15, 0.2) is 26.6 Å². The van der Waals surface area contributed by atoms with Crippen LogP contribution in [0, 0.1) is 0 Å². The van der Waals surface area contributed by atoms with Gasteiger partial charge in [-0.25, -0.2) is 0 Å². The van der Waals surface area contributed by atoms with Gasteiger partial charge in [0.05, 0.1) is 11.8 Å². The Balaban J connectivity index is 2.63. The van der Waals surface area contributed by atoms with E-state index in [1.54, 1.807) is 6.07 Å². The molecule has 0 aliphatic carbocycles. The van der Waals surface area contributed by atoms with Crippen LogP contribution in [0.5, 0.6) is 0 Å². The molecule has 1 aromatic rings. The Morgan fingerprint density at radius 2 is 2.47 bits per heavy atom. The molecule has 0 radical (unpaired) electrons. The summed E-state index contributed by atoms with van der Waals surface area (Å²) in [5.74, 6) is -0.174. The molecule has 0 saturated heterocycles. The molecule has 0 fully saturated rings. The van der Waals surface area contributed by atoms with E-state index in [1.807, 2.05) is 6.92 Å². The van der Waals surface area contributed by atoms with Crippen molar-refractivity contribution >= 4 is 27.7 Å². The van der Waals surface area contributed by atoms with E-state index in [4.69, 9.17) is 15.4 Å². The number of hydrogen-bond acceptors (Lipinski definition) is 4. The minimum atomic E-state index is -0.261. The van der Waals surface area contributed by atoms with E-state index in [9.17, 15) is 4.79 Å². The molecule has 7 heteroatoms. The smallest absolute Gasteiger partial charge is 0.255 e. The van der Waals surface area contributed by atoms with Gasteiger partial charge in [-0.05, 0) is 28.4 Å². The molecule has 1 unspecified atom stereocenters. The van der Waals surface area contributed by atoms with Crippen LogP contribution >= 0.6 is 15.9 Å². The lowest BCUT2D eigenvalue weighted by Gasteiger charge is -2.15. The third kappa shape index (κ3) is 3.77. The average Bonchev–Trinajstić information content (AvgIpc) is 2.74. The first-order valence-corrected chi connectivity index (χ1v) is 5.88. The Kier molecular flexibility index (Phi) is 5.02. The predicted molar refractivity (Wildman–Crippen MR) is 66.0 cm³/mol. The highest BCUT2D eigenvalue weighted by Gasteiger charge is 2.17. The molecule has 1 heterocycles. The van der Waals surface area contributed by atoms with Crippen molar-refractivity contribution in [1.82, 2.24) is 5.32 Å². The normalized spacial score (nSPS) is 13.4. The van der Waals surface area contributed by atoms with E-state index < -0.39 is 0 Å². The molecule has 0 spiro atoms. The third-order valence-electron chi connectivity index (χ3n) is 2.27. The topological polar surface area (TPSA) is 101 Å². The number of nitrogens with two attached hydrogens (primary N) is 1. The van der Waals surface area contributed by atoms with Crippen molar-refractivity contribution in [3.05, 3.63) is 22.6 Å². The number of nitrogens with zero attached hydrogens (tertiary/aromatic N) is 1. The van der Waals surface area contributed by atoms with Crippen LogP contribution in [0.3, 0.4) is 0 Å². The maximum Gasteiger partial charge on any atom is 0.255 e. The Bertz CT molecular complexity index is 417. The summed E-state index contributed by atoms with van der Waals surface area (Å²) in [4.78, 5) is 11.8. The standard InChI is InChI=1S/C10H14BrN3O3/c1-2-6(5-8(12)14-16)13-10(15)7-3-4-17-9(7)11/h3-4,6,16H,2,5H2,1H3,(H2,12,14)(H,13,15). The van der Waals surface area contributed by atoms with Gasteiger partial charge in [0.1, 0.15) is 5.84 Å². The van der Waals surface area contributed by atoms with Crippen molar-refractivity contribution in [3.8, 4) is 0 Å². The minimum absolute atomic E-state index is 0.0865. The van der Waals surface area contributed by atoms with Gasteiger partial charge in [0.2, 0.25) is 0 Å². The van der Waals surface area contributed by atoms with Crippen LogP contribution in [0.25, 0.3) is 0 Å². The van der Waals surface area contributed by atoms with E-state index in [0.717, 1.165) is 0 Å². The summed E-state index contributed by atoms with van der Waals surface area (Å²) in [5, 5.41) is 14.1. The number of oxime groups is 1. The van der Waals surface area contributed by atoms with Gasteiger partial charge in [0, 0.05) is 12.5 Å². The quantitative estimate of drug-likeness (QED) is 0.333. The molecule has 1 rings (SSSR count). The highest BCUT2D eigenvalue weighted by molar-refractivity contribution is 9.10. The first-order chi connectivity index (χ1) is 8.08. The maximum absolute atomic E-state index is 11.8. The van der Waals surface area contributed by atoms with E-state index in [-0.39, 0.29) is 17.8 Å². The van der Waals surface area contributed by atoms with Crippen LogP contribution in [-0.2, 0) is 0 Å². The second-order valence-corrected chi connectivity index (χ2v) is 4.20. The average molecular weight is 304 g/mol. The van der Waals surface area contributed by atoms with Gasteiger partial charge in [-0.1, -0.05) is 12.1 Å². The lowest BCUT2D eigenvalue weighted by Crippen LogP contribution is -2.37. The van der Waals surface area contributed by atoms with Crippen LogP contribution in [0.4, 0.5) is 0 Å². The zero-order valence-corrected chi connectivity index (χ0v) is 10.9. The van der Waals surface area contributed by atoms with Gasteiger partial charge < -0.3 is 20.7 Å². The SMILES string of the molecule is CCC(C/C(N)=N/O)NC(=O)c1ccoc1Br. The Hall–Kier alpha value is -1.50. The molecule has 0 aliphatic rings. The van der Waals surface area contributed by atoms with Gasteiger partial charge in [-0.15, -0.1) is 0 Å². The molecule has 4 N–H and O–H groups in total. The van der Waals surface area contributed by atoms with Crippen molar-refractivity contribution in [2.45, 2.75) is 25.8 Å². The van der Waals surface area contributed by atoms with E-state index in [1.165, 1.54) is 6.26 Å². The zero-order chi connectivity index (χ0) is 12.8. The zero-order valence-electron chi connectivity index (χ0n) is 9.31. The van der Waals surface area contributed by atoms with Crippen molar-refractivity contribution in [2.75, 3.05) is 0 Å². The van der Waals surface area contributed by atoms with Crippen LogP contribution in [-0.4, -0.2) is 23.0 Å². The number of halogens is 1. The molecule has 0 bridgehead atoms. The molecule has 0 saturated carbocycles. The van der Waals surface area contributed by atoms with Gasteiger partial charge in [0.15, 0.2) is 4.67 Å². The first kappa shape index (κ1) is 13.6. The summed E-state index contributed by atoms with van der Waals surface area (Å²) >= 11 is 3.13. The highest BCUT2D eigenvalue weighted by Crippen LogP contribution is 2.17. The Morgan fingerprint density at radius 3 is 2.94 bits per heavy atom. The first-order valence-electron chi connectivity index (χ1n) is 5.08. The molecule has 0 aromatic carbocycles. The lowest BCUT2D eigenvalue weighted by atomic mass is 10.1. The second kappa shape index (κ2) is 6.29. The number of amides is 1. The van der Waals surface area contributed by atoms with Crippen molar-refractivity contribution in [2.24, 2.45) is 10.9 Å². The summed E-state index contributed by atoms with van der Waals surface area (Å²) in [6.07, 6.45) is 2.40. The molecule has 1 amide bonds. The van der Waals surface area contributed by atoms with E-state index in [2.05, 4.69) is 26.4 Å². The number of rotatable bonds is 5. The van der Waals surface area contributed by atoms with E-state index in [0.29, 0.717) is 23.1 Å². The number of furan rings is 1. The van der Waals surface area contributed by atoms with E-state index >= 15 is 0 Å². The molecule has 1 atom stereocenters. The fourth-order valence-electron chi connectivity index (χ4n) is 1.31. The summed E-state index contributed by atoms with van der Waals surface area (Å²) in [7, 11) is 0. The third-order valence-corrected chi connectivity index (χ3v) is 2.89. The molecule has 17 heavy (non-hydrogen) atoms. The van der Waals surface area contributed by atoms with Crippen LogP contribution in [0.2, 0.25) is 0 Å². The van der Waals surface area contributed by atoms with Crippen LogP contribution in [0.1, 0.15) is 30.1 Å². The Labute approximate surface area is 107 Å². The molecular formula is C10H14BrN3O3. The summed E-state index contributed by atoms with van der Waals surface area (Å²) < 4.78 is 5.35. The van der Waals surface area contributed by atoms with Crippen molar-refractivity contribution in [1.29, 1.82) is 0 Å². The fraction of sp³-hybridized carbons (Fsp3) is 0.400. The number of nitrogens with one attached hydrogen (secondary N) is 1. The fourth-order valence-corrected chi connectivity index (χ4v) is 1.73. The Morgan fingerprint density at radius 1 is 1.76 bits per heavy atom. The van der Waals surface area contributed by atoms with Gasteiger partial charge in [-0.2, -0.15) is 0 Å². The molecule has 1 aromatic heterocycles. The maximum atomic E-state index is 11.8. The number of hydrogen-bond donors (Lipinski definition) is 3. The summed E-state index contributed by atoms with van der Waals surface area (Å²) in [6.45, 7) is 1.90. The number of amidine groups is 1. The number of carbonyl (C=O) groups excluding carboxylic acids is 1. The monoisotopic (exact) mass is 303 g/mol. The summed E-state index contributed by atoms with van der Waals surface area (Å²) in [6, 6.07) is 1.38. The molecule has 6 nitrogen and oxygen atoms in total. The van der Waals surface area contributed by atoms with Gasteiger partial charge >= 0.3 is 0 Å². The predicted octanol–water partition coefficient (Wildman–Crippen LogP) is 1.69. The minimum Gasteiger partial charge on any atom is -0.457 e. The molecular weight excluding hydrogens is 290 g/mol. The van der Waals surface area contributed by atoms with Gasteiger partial charge in [-0.3, -0.25) is 4.79 Å². The van der Waals surface area contributed by atoms with Crippen molar-refractivity contribution in [3.63, 3.8) is 0 Å². The molecule has 94 valence electrons. The van der Waals surface area contributed by atoms with Crippen molar-refractivity contribution < 1.29 is 14.4 Å². The molecule has 0 aliphatic heterocycles. The number of carbonyl (C=O) groups is 1. The second-order valence-electron chi connectivity index (χ2n) is 3.48. The highest BCUT2D eigenvalue weighted by atomic mass is 79.9. The largest absolute Gasteiger partial charge is 0.457 e. The lowest BCUT2D eigenvalue weighted by molar-refractivity contribution is 0.0935.